The van der Waals surface area contributed by atoms with E-state index in [1.165, 1.54) is 7.11 Å². The number of aliphatic hydroxyl groups is 8. The number of aliphatic hydroxyl groups excluding tert-OH is 8. The van der Waals surface area contributed by atoms with Crippen LogP contribution in [0.5, 0.6) is 0 Å². The fourth-order valence-electron chi connectivity index (χ4n) is 13.8. The van der Waals surface area contributed by atoms with Crippen LogP contribution < -0.4 is 0 Å². The molecule has 330 valence electrons. The number of allylic oxidation sites excluding steroid dienone is 2. The summed E-state index contributed by atoms with van der Waals surface area (Å²) in [6.07, 6.45) is -8.96. The van der Waals surface area contributed by atoms with Crippen molar-refractivity contribution in [2.45, 2.75) is 160 Å². The van der Waals surface area contributed by atoms with Crippen molar-refractivity contribution in [1.29, 1.82) is 0 Å². The van der Waals surface area contributed by atoms with Crippen LogP contribution in [0.15, 0.2) is 11.6 Å². The summed E-state index contributed by atoms with van der Waals surface area (Å²) in [4.78, 5) is 26.2. The van der Waals surface area contributed by atoms with Crippen LogP contribution in [-0.4, -0.2) is 152 Å². The molecule has 7 rings (SSSR count). The van der Waals surface area contributed by atoms with Crippen molar-refractivity contribution >= 4 is 11.9 Å². The predicted octanol–water partition coefficient (Wildman–Crippen LogP) is 0.617. The molecule has 0 amide bonds. The van der Waals surface area contributed by atoms with E-state index in [2.05, 4.69) is 26.8 Å². The van der Waals surface area contributed by atoms with Crippen molar-refractivity contribution in [3.05, 3.63) is 11.6 Å². The van der Waals surface area contributed by atoms with Gasteiger partial charge in [0.05, 0.1) is 50.0 Å². The Morgan fingerprint density at radius 3 is 2.12 bits per heavy atom. The van der Waals surface area contributed by atoms with Crippen LogP contribution in [0.2, 0.25) is 0 Å². The van der Waals surface area contributed by atoms with Crippen LogP contribution in [0, 0.1) is 50.2 Å². The molecule has 0 bridgehead atoms. The molecule has 2 unspecified atom stereocenters. The summed E-state index contributed by atoms with van der Waals surface area (Å²) in [7, 11) is 1.38. The monoisotopic (exact) mass is 826 g/mol. The van der Waals surface area contributed by atoms with E-state index in [9.17, 15) is 55.5 Å². The predicted molar refractivity (Wildman–Crippen MR) is 201 cm³/mol. The van der Waals surface area contributed by atoms with Crippen LogP contribution in [-0.2, 0) is 33.3 Å². The topological polar surface area (TPSA) is 262 Å². The van der Waals surface area contributed by atoms with Gasteiger partial charge in [0, 0.05) is 5.41 Å². The molecule has 5 aliphatic carbocycles. The zero-order chi connectivity index (χ0) is 42.5. The number of ether oxygens (including phenoxy) is 5. The number of esters is 1. The third-order valence-corrected chi connectivity index (χ3v) is 17.4. The first-order valence-corrected chi connectivity index (χ1v) is 21.0. The summed E-state index contributed by atoms with van der Waals surface area (Å²) in [6, 6.07) is 0. The van der Waals surface area contributed by atoms with Crippen molar-refractivity contribution < 1.29 is 79.2 Å². The Hall–Kier alpha value is -1.80. The van der Waals surface area contributed by atoms with Gasteiger partial charge in [-0.15, -0.1) is 0 Å². The summed E-state index contributed by atoms with van der Waals surface area (Å²) in [5.74, 6) is -1.57. The largest absolute Gasteiger partial charge is 0.481 e. The Bertz CT molecular complexity index is 1610. The van der Waals surface area contributed by atoms with Crippen molar-refractivity contribution in [2.75, 3.05) is 26.9 Å². The van der Waals surface area contributed by atoms with Gasteiger partial charge in [-0.3, -0.25) is 9.59 Å². The highest BCUT2D eigenvalue weighted by atomic mass is 16.7. The lowest BCUT2D eigenvalue weighted by Gasteiger charge is -2.71. The van der Waals surface area contributed by atoms with E-state index in [-0.39, 0.29) is 47.8 Å². The zero-order valence-corrected chi connectivity index (χ0v) is 34.5. The summed E-state index contributed by atoms with van der Waals surface area (Å²) < 4.78 is 28.5. The third-order valence-electron chi connectivity index (χ3n) is 17.4. The molecular weight excluding hydrogens is 760 g/mol. The fourth-order valence-corrected chi connectivity index (χ4v) is 13.8. The molecular formula is C42H66O16. The Morgan fingerprint density at radius 2 is 1.48 bits per heavy atom. The number of carbonyl (C=O) groups is 2. The van der Waals surface area contributed by atoms with Gasteiger partial charge in [0.25, 0.3) is 0 Å². The van der Waals surface area contributed by atoms with Crippen molar-refractivity contribution in [3.8, 4) is 0 Å². The summed E-state index contributed by atoms with van der Waals surface area (Å²) >= 11 is 0. The van der Waals surface area contributed by atoms with Gasteiger partial charge in [0.2, 0.25) is 0 Å². The number of methoxy groups -OCH3 is 1. The van der Waals surface area contributed by atoms with E-state index >= 15 is 0 Å². The van der Waals surface area contributed by atoms with Gasteiger partial charge in [0.1, 0.15) is 42.7 Å². The number of carboxylic acid groups (broad SMARTS) is 1. The Kier molecular flexibility index (Phi) is 11.6. The van der Waals surface area contributed by atoms with Gasteiger partial charge in [-0.25, -0.2) is 0 Å². The maximum absolute atomic E-state index is 13.2. The molecule has 58 heavy (non-hydrogen) atoms. The Labute approximate surface area is 339 Å². The van der Waals surface area contributed by atoms with Crippen molar-refractivity contribution in [3.63, 3.8) is 0 Å². The minimum absolute atomic E-state index is 0.0422. The standard InChI is InChI=1S/C42H66O16/c1-37(36(53)54-6)11-13-42(35(51)52)14-12-40(4)20(21(42)15-37)7-8-26-38(2)16-22(45)32(39(3,19-44)25(38)9-10-41(26,40)5)58-33-30(49)28(47)24(18-55-33)57-34-31(50)29(48)27(46)23(17-43)56-34/h7,21-34,43-50H,8-19H2,1-6H3,(H,51,52)/t21-,22-,23+,24+,25?,26?,27+,28-,29-,30+,31+,32-,33-,34-,37-,38-,39-,40+,41+,42-/m0/s1. The van der Waals surface area contributed by atoms with Crippen LogP contribution in [0.4, 0.5) is 0 Å². The van der Waals surface area contributed by atoms with E-state index < -0.39 is 102 Å². The van der Waals surface area contributed by atoms with E-state index in [1.54, 1.807) is 0 Å². The lowest BCUT2D eigenvalue weighted by molar-refractivity contribution is -0.357. The molecule has 0 spiro atoms. The summed E-state index contributed by atoms with van der Waals surface area (Å²) in [5, 5.41) is 96.7. The van der Waals surface area contributed by atoms with E-state index in [0.717, 1.165) is 12.0 Å². The molecule has 7 aliphatic rings. The number of carboxylic acids is 1. The number of carbonyl (C=O) groups excluding carboxylic acids is 1. The molecule has 6 fully saturated rings. The van der Waals surface area contributed by atoms with Gasteiger partial charge in [-0.1, -0.05) is 39.3 Å². The minimum atomic E-state index is -1.73. The molecule has 0 aromatic carbocycles. The first kappa shape index (κ1) is 44.3. The molecule has 2 aliphatic heterocycles. The molecule has 0 aromatic rings. The quantitative estimate of drug-likeness (QED) is 0.0923. The number of rotatable bonds is 8. The molecule has 0 radical (unpaired) electrons. The summed E-state index contributed by atoms with van der Waals surface area (Å²) in [6.45, 7) is 9.16. The SMILES string of the molecule is COC(=O)[C@@]1(C)CC[C@]2(C(=O)O)CC[C@]3(C)C(=CCC4[C@@]5(C)C[C@H](O)[C@H](O[C@@H]6OC[C@@H](O[C@@H]7O[C@H](CO)[C@@H](O)[C@H](O)[C@H]7O)[C@H](O)[C@H]6O)[C@@](C)(CO)C5CC[C@]43C)[C@@H]2C1. The number of hydrogen-bond donors (Lipinski definition) is 9. The maximum Gasteiger partial charge on any atom is 0.311 e. The van der Waals surface area contributed by atoms with Gasteiger partial charge in [-0.2, -0.15) is 0 Å². The average molecular weight is 827 g/mol. The number of hydrogen-bond acceptors (Lipinski definition) is 15. The van der Waals surface area contributed by atoms with Gasteiger partial charge in [-0.05, 0) is 98.7 Å². The Morgan fingerprint density at radius 1 is 0.810 bits per heavy atom. The average Bonchev–Trinajstić information content (AvgIpc) is 3.18. The maximum atomic E-state index is 13.2. The molecule has 16 heteroatoms. The third kappa shape index (κ3) is 6.29. The minimum Gasteiger partial charge on any atom is -0.481 e. The lowest BCUT2D eigenvalue weighted by Crippen LogP contribution is -2.69. The molecule has 4 saturated carbocycles. The number of fused-ring (bicyclic) bond motifs is 7. The molecule has 20 atom stereocenters. The molecule has 0 aromatic heterocycles. The molecule has 2 saturated heterocycles. The van der Waals surface area contributed by atoms with Crippen molar-refractivity contribution in [1.82, 2.24) is 0 Å². The molecule has 2 heterocycles. The zero-order valence-electron chi connectivity index (χ0n) is 34.5. The van der Waals surface area contributed by atoms with Crippen LogP contribution in [0.1, 0.15) is 92.4 Å². The van der Waals surface area contributed by atoms with Gasteiger partial charge >= 0.3 is 11.9 Å². The Balaban J connectivity index is 1.11. The van der Waals surface area contributed by atoms with Gasteiger partial charge < -0.3 is 69.6 Å². The first-order chi connectivity index (χ1) is 27.1. The second kappa shape index (κ2) is 15.2. The summed E-state index contributed by atoms with van der Waals surface area (Å²) in [5.41, 5.74) is -2.86. The first-order valence-electron chi connectivity index (χ1n) is 21.0. The lowest BCUT2D eigenvalue weighted by atomic mass is 9.33. The highest BCUT2D eigenvalue weighted by Crippen LogP contribution is 2.76. The fraction of sp³-hybridized carbons (Fsp3) is 0.905. The van der Waals surface area contributed by atoms with Crippen LogP contribution >= 0.6 is 0 Å². The highest BCUT2D eigenvalue weighted by Gasteiger charge is 2.71. The molecule has 16 nitrogen and oxygen atoms in total. The van der Waals surface area contributed by atoms with Crippen molar-refractivity contribution in [2.24, 2.45) is 50.2 Å². The molecule has 9 N–H and O–H groups in total. The van der Waals surface area contributed by atoms with Crippen LogP contribution in [0.3, 0.4) is 0 Å². The smallest absolute Gasteiger partial charge is 0.311 e. The second-order valence-corrected chi connectivity index (χ2v) is 20.1. The van der Waals surface area contributed by atoms with E-state index in [0.29, 0.717) is 51.4 Å². The van der Waals surface area contributed by atoms with Crippen LogP contribution in [0.25, 0.3) is 0 Å². The normalized spacial score (nSPS) is 54.2. The highest BCUT2D eigenvalue weighted by molar-refractivity contribution is 5.80. The van der Waals surface area contributed by atoms with E-state index in [1.807, 2.05) is 13.8 Å². The van der Waals surface area contributed by atoms with E-state index in [4.69, 9.17) is 23.7 Å². The van der Waals surface area contributed by atoms with Gasteiger partial charge in [0.15, 0.2) is 12.6 Å². The second-order valence-electron chi connectivity index (χ2n) is 20.1. The number of aliphatic carboxylic acids is 1.